The molecule has 0 radical (unpaired) electrons. The zero-order chi connectivity index (χ0) is 24.0. The van der Waals surface area contributed by atoms with Gasteiger partial charge in [-0.15, -0.1) is 0 Å². The summed E-state index contributed by atoms with van der Waals surface area (Å²) in [6, 6.07) is 12.2. The Bertz CT molecular complexity index is 1170. The van der Waals surface area contributed by atoms with Gasteiger partial charge in [-0.2, -0.15) is 11.3 Å². The highest BCUT2D eigenvalue weighted by atomic mass is 32.1. The summed E-state index contributed by atoms with van der Waals surface area (Å²) in [6.07, 6.45) is 0. The topological polar surface area (TPSA) is 110 Å². The predicted molar refractivity (Wildman–Crippen MR) is 122 cm³/mol. The van der Waals surface area contributed by atoms with Gasteiger partial charge < -0.3 is 19.5 Å². The average molecular weight is 467 g/mol. The van der Waals surface area contributed by atoms with Gasteiger partial charge >= 0.3 is 11.9 Å². The Balaban J connectivity index is 2.00. The van der Waals surface area contributed by atoms with Crippen LogP contribution in [-0.2, 0) is 16.1 Å². The van der Waals surface area contributed by atoms with Crippen molar-refractivity contribution < 1.29 is 33.8 Å². The van der Waals surface area contributed by atoms with Gasteiger partial charge in [-0.25, -0.2) is 4.79 Å². The molecule has 1 N–H and O–H groups in total. The van der Waals surface area contributed by atoms with Gasteiger partial charge in [0.05, 0.1) is 17.7 Å². The van der Waals surface area contributed by atoms with E-state index in [1.807, 2.05) is 16.8 Å². The number of amides is 1. The van der Waals surface area contributed by atoms with E-state index >= 15 is 0 Å². The Morgan fingerprint density at radius 2 is 1.73 bits per heavy atom. The first kappa shape index (κ1) is 23.7. The molecule has 33 heavy (non-hydrogen) atoms. The molecule has 3 rings (SSSR count). The fourth-order valence-corrected chi connectivity index (χ4v) is 3.63. The lowest BCUT2D eigenvalue weighted by Gasteiger charge is -2.24. The van der Waals surface area contributed by atoms with Crippen LogP contribution in [0.3, 0.4) is 0 Å². The van der Waals surface area contributed by atoms with Gasteiger partial charge in [0.25, 0.3) is 5.91 Å². The number of esters is 1. The number of nitrogens with zero attached hydrogens (tertiary/aromatic N) is 1. The fraction of sp³-hybridized carbons (Fsp3) is 0.167. The number of carbonyl (C=O) groups excluding carboxylic acids is 3. The van der Waals surface area contributed by atoms with E-state index in [0.717, 1.165) is 5.56 Å². The smallest absolute Gasteiger partial charge is 0.335 e. The minimum Gasteiger partial charge on any atom is -0.486 e. The number of hydrogen-bond acceptors (Lipinski definition) is 7. The molecule has 0 bridgehead atoms. The maximum Gasteiger partial charge on any atom is 0.335 e. The van der Waals surface area contributed by atoms with Crippen molar-refractivity contribution in [2.24, 2.45) is 0 Å². The van der Waals surface area contributed by atoms with Crippen LogP contribution in [0.2, 0.25) is 0 Å². The standard InChI is InChI=1S/C24H21NO7S/c1-15(26)13-31-20-7-8-21(22(11-20)32-16(2)27)23(28)25(12-17-9-10-33-14-17)19-5-3-18(4-6-19)24(29)30/h3-11,14H,12-13H2,1-2H3,(H,29,30). The molecule has 1 amide bonds. The number of ether oxygens (including phenoxy) is 2. The second-order valence-electron chi connectivity index (χ2n) is 7.12. The summed E-state index contributed by atoms with van der Waals surface area (Å²) in [7, 11) is 0. The Labute approximate surface area is 194 Å². The predicted octanol–water partition coefficient (Wildman–Crippen LogP) is 4.19. The first-order valence-corrected chi connectivity index (χ1v) is 10.8. The van der Waals surface area contributed by atoms with Crippen LogP contribution >= 0.6 is 11.3 Å². The van der Waals surface area contributed by atoms with Crippen LogP contribution in [-0.4, -0.2) is 35.3 Å². The SMILES string of the molecule is CC(=O)COc1ccc(C(=O)N(Cc2ccsc2)c2ccc(C(=O)O)cc2)c(OC(C)=O)c1. The fourth-order valence-electron chi connectivity index (χ4n) is 2.97. The molecule has 0 saturated carbocycles. The van der Waals surface area contributed by atoms with Gasteiger partial charge in [0.2, 0.25) is 0 Å². The van der Waals surface area contributed by atoms with Crippen molar-refractivity contribution in [2.75, 3.05) is 11.5 Å². The summed E-state index contributed by atoms with van der Waals surface area (Å²) in [5.41, 5.74) is 1.56. The van der Waals surface area contributed by atoms with Gasteiger partial charge in [0.1, 0.15) is 18.1 Å². The monoisotopic (exact) mass is 467 g/mol. The van der Waals surface area contributed by atoms with E-state index in [1.165, 1.54) is 60.4 Å². The summed E-state index contributed by atoms with van der Waals surface area (Å²) in [5, 5.41) is 13.0. The van der Waals surface area contributed by atoms with E-state index in [9.17, 15) is 24.3 Å². The van der Waals surface area contributed by atoms with Crippen molar-refractivity contribution in [1.82, 2.24) is 0 Å². The number of carboxylic acid groups (broad SMARTS) is 1. The summed E-state index contributed by atoms with van der Waals surface area (Å²) in [6.45, 7) is 2.65. The number of benzene rings is 2. The quantitative estimate of drug-likeness (QED) is 0.371. The maximum atomic E-state index is 13.6. The van der Waals surface area contributed by atoms with Crippen molar-refractivity contribution in [3.63, 3.8) is 0 Å². The highest BCUT2D eigenvalue weighted by Gasteiger charge is 2.24. The molecule has 170 valence electrons. The van der Waals surface area contributed by atoms with E-state index in [4.69, 9.17) is 9.47 Å². The summed E-state index contributed by atoms with van der Waals surface area (Å²) < 4.78 is 10.6. The Morgan fingerprint density at radius 3 is 2.30 bits per heavy atom. The van der Waals surface area contributed by atoms with Gasteiger partial charge in [0, 0.05) is 18.7 Å². The third-order valence-corrected chi connectivity index (χ3v) is 5.20. The van der Waals surface area contributed by atoms with Crippen LogP contribution in [0.5, 0.6) is 11.5 Å². The summed E-state index contributed by atoms with van der Waals surface area (Å²) in [5.74, 6) is -2.08. The molecule has 8 nitrogen and oxygen atoms in total. The van der Waals surface area contributed by atoms with Crippen molar-refractivity contribution in [2.45, 2.75) is 20.4 Å². The lowest BCUT2D eigenvalue weighted by atomic mass is 10.1. The third-order valence-electron chi connectivity index (χ3n) is 4.47. The molecule has 0 fully saturated rings. The van der Waals surface area contributed by atoms with Crippen LogP contribution in [0.1, 0.15) is 40.1 Å². The maximum absolute atomic E-state index is 13.6. The highest BCUT2D eigenvalue weighted by Crippen LogP contribution is 2.29. The molecule has 0 aliphatic rings. The molecule has 0 atom stereocenters. The summed E-state index contributed by atoms with van der Waals surface area (Å²) >= 11 is 1.48. The van der Waals surface area contributed by atoms with Gasteiger partial charge in [0.15, 0.2) is 5.78 Å². The molecule has 0 spiro atoms. The lowest BCUT2D eigenvalue weighted by Crippen LogP contribution is -2.31. The molecule has 1 heterocycles. The Morgan fingerprint density at radius 1 is 1.00 bits per heavy atom. The van der Waals surface area contributed by atoms with Crippen LogP contribution < -0.4 is 14.4 Å². The second-order valence-corrected chi connectivity index (χ2v) is 7.90. The number of rotatable bonds is 9. The van der Waals surface area contributed by atoms with Gasteiger partial charge in [-0.1, -0.05) is 0 Å². The Kier molecular flexibility index (Phi) is 7.57. The van der Waals surface area contributed by atoms with Crippen LogP contribution in [0, 0.1) is 0 Å². The normalized spacial score (nSPS) is 10.4. The highest BCUT2D eigenvalue weighted by molar-refractivity contribution is 7.07. The van der Waals surface area contributed by atoms with Crippen LogP contribution in [0.15, 0.2) is 59.3 Å². The average Bonchev–Trinajstić information content (AvgIpc) is 3.29. The zero-order valence-corrected chi connectivity index (χ0v) is 18.8. The number of thiophene rings is 1. The summed E-state index contributed by atoms with van der Waals surface area (Å²) in [4.78, 5) is 49.1. The molecular formula is C24H21NO7S. The zero-order valence-electron chi connectivity index (χ0n) is 17.9. The second kappa shape index (κ2) is 10.6. The third kappa shape index (κ3) is 6.27. The number of anilines is 1. The van der Waals surface area contributed by atoms with Crippen molar-refractivity contribution in [3.8, 4) is 11.5 Å². The first-order chi connectivity index (χ1) is 15.7. The van der Waals surface area contributed by atoms with Gasteiger partial charge in [-0.3, -0.25) is 14.4 Å². The molecule has 0 aliphatic heterocycles. The minimum absolute atomic E-state index is 0.00831. The lowest BCUT2D eigenvalue weighted by molar-refractivity contribution is -0.132. The van der Waals surface area contributed by atoms with E-state index in [0.29, 0.717) is 5.69 Å². The number of carboxylic acids is 1. The number of carbonyl (C=O) groups is 4. The van der Waals surface area contributed by atoms with Crippen molar-refractivity contribution in [1.29, 1.82) is 0 Å². The number of Topliss-reactive ketones (excluding diaryl/α,β-unsaturated/α-hetero) is 1. The molecule has 0 saturated heterocycles. The molecule has 0 aliphatic carbocycles. The molecule has 3 aromatic rings. The van der Waals surface area contributed by atoms with Crippen molar-refractivity contribution >= 4 is 40.7 Å². The van der Waals surface area contributed by atoms with Crippen LogP contribution in [0.4, 0.5) is 5.69 Å². The molecular weight excluding hydrogens is 446 g/mol. The number of hydrogen-bond donors (Lipinski definition) is 1. The first-order valence-electron chi connectivity index (χ1n) is 9.85. The largest absolute Gasteiger partial charge is 0.486 e. The number of ketones is 1. The van der Waals surface area contributed by atoms with E-state index in [1.54, 1.807) is 12.1 Å². The molecule has 1 aromatic heterocycles. The Hall–Kier alpha value is -3.98. The van der Waals surface area contributed by atoms with Crippen molar-refractivity contribution in [3.05, 3.63) is 76.0 Å². The van der Waals surface area contributed by atoms with E-state index in [-0.39, 0.29) is 41.6 Å². The molecule has 0 unspecified atom stereocenters. The number of aromatic carboxylic acids is 1. The minimum atomic E-state index is -1.07. The molecule has 9 heteroatoms. The molecule has 2 aromatic carbocycles. The van der Waals surface area contributed by atoms with E-state index in [2.05, 4.69) is 0 Å². The van der Waals surface area contributed by atoms with Gasteiger partial charge in [-0.05, 0) is 65.7 Å². The van der Waals surface area contributed by atoms with E-state index < -0.39 is 17.8 Å². The van der Waals surface area contributed by atoms with Crippen LogP contribution in [0.25, 0.3) is 0 Å².